The second-order valence-electron chi connectivity index (χ2n) is 24.2. The van der Waals surface area contributed by atoms with Crippen LogP contribution in [-0.4, -0.2) is 138 Å². The van der Waals surface area contributed by atoms with Crippen molar-refractivity contribution in [1.29, 1.82) is 0 Å². The van der Waals surface area contributed by atoms with Crippen LogP contribution in [0.25, 0.3) is 33.4 Å². The predicted molar refractivity (Wildman–Crippen MR) is 376 cm³/mol. The number of rotatable bonds is 22. The molecule has 494 valence electrons. The summed E-state index contributed by atoms with van der Waals surface area (Å²) in [4.78, 5) is 113. The van der Waals surface area contributed by atoms with Crippen molar-refractivity contribution in [2.24, 2.45) is 0 Å². The normalized spacial score (nSPS) is 15.5. The first-order valence-corrected chi connectivity index (χ1v) is 33.4. The van der Waals surface area contributed by atoms with Gasteiger partial charge in [-0.05, 0) is 98.2 Å². The Morgan fingerprint density at radius 3 is 1.53 bits per heavy atom. The summed E-state index contributed by atoms with van der Waals surface area (Å²) in [5.74, 6) is -3.08. The fraction of sp³-hybridized carbons (Fsp3) is 0.291. The third-order valence-corrected chi connectivity index (χ3v) is 17.7. The van der Waals surface area contributed by atoms with Crippen molar-refractivity contribution in [1.82, 2.24) is 40.1 Å². The Morgan fingerprint density at radius 1 is 0.510 bits per heavy atom. The number of nitrogens with zero attached hydrogens (tertiary/aromatic N) is 6. The number of hydrogen-bond donors (Lipinski definition) is 3. The van der Waals surface area contributed by atoms with Gasteiger partial charge in [0.1, 0.15) is 49.6 Å². The number of anilines is 1. The maximum Gasteiger partial charge on any atom is 0.251 e. The molecule has 3 N–H and O–H groups in total. The van der Waals surface area contributed by atoms with Gasteiger partial charge in [-0.25, -0.2) is 4.58 Å². The van der Waals surface area contributed by atoms with E-state index < -0.39 is 73.7 Å². The molecule has 17 heteroatoms. The van der Waals surface area contributed by atoms with Gasteiger partial charge in [-0.15, -0.1) is 0 Å². The third kappa shape index (κ3) is 17.8. The van der Waals surface area contributed by atoms with Crippen LogP contribution in [-0.2, 0) is 61.2 Å². The molecule has 0 bridgehead atoms. The number of carbonyl (C=O) groups excluding carboxylic acids is 7. The number of hydrogen-bond acceptors (Lipinski definition) is 9. The lowest BCUT2D eigenvalue weighted by Gasteiger charge is -2.33. The first-order valence-electron chi connectivity index (χ1n) is 33.4. The zero-order chi connectivity index (χ0) is 67.3. The van der Waals surface area contributed by atoms with Crippen LogP contribution in [0.1, 0.15) is 78.7 Å². The van der Waals surface area contributed by atoms with Crippen LogP contribution in [0.2, 0.25) is 0 Å². The average molecular weight is 1290 g/mol. The predicted octanol–water partition coefficient (Wildman–Crippen LogP) is 9.76. The van der Waals surface area contributed by atoms with E-state index in [0.717, 1.165) is 87.1 Å². The van der Waals surface area contributed by atoms with Crippen LogP contribution < -0.4 is 30.8 Å². The number of fused-ring (bicyclic) bond motifs is 2. The van der Waals surface area contributed by atoms with Gasteiger partial charge in [0.25, 0.3) is 5.91 Å². The highest BCUT2D eigenvalue weighted by molar-refractivity contribution is 6.09. The molecule has 3 aliphatic rings. The molecule has 0 saturated carbocycles. The summed E-state index contributed by atoms with van der Waals surface area (Å²) < 4.78 is 9.05. The molecule has 0 aromatic heterocycles. The van der Waals surface area contributed by atoms with E-state index >= 15 is 19.2 Å². The second-order valence-corrected chi connectivity index (χ2v) is 24.2. The Balaban J connectivity index is 0.977. The number of carbonyl (C=O) groups is 7. The molecular formula is C79H86N9O8+. The smallest absolute Gasteiger partial charge is 0.251 e. The molecule has 17 nitrogen and oxygen atoms in total. The lowest BCUT2D eigenvalue weighted by Crippen LogP contribution is -2.58. The monoisotopic (exact) mass is 1290 g/mol. The van der Waals surface area contributed by atoms with E-state index in [0.29, 0.717) is 29.7 Å². The molecule has 2 heterocycles. The van der Waals surface area contributed by atoms with Crippen molar-refractivity contribution >= 4 is 58.0 Å². The van der Waals surface area contributed by atoms with Crippen molar-refractivity contribution in [3.8, 4) is 22.5 Å². The molecule has 96 heavy (non-hydrogen) atoms. The lowest BCUT2D eigenvalue weighted by molar-refractivity contribution is -0.148. The molecule has 2 aliphatic heterocycles. The zero-order valence-electron chi connectivity index (χ0n) is 55.3. The number of benzene rings is 8. The van der Waals surface area contributed by atoms with Crippen LogP contribution in [0.15, 0.2) is 217 Å². The minimum absolute atomic E-state index is 0.00358. The van der Waals surface area contributed by atoms with E-state index in [4.69, 9.17) is 4.42 Å². The maximum atomic E-state index is 15.7. The molecule has 1 fully saturated rings. The van der Waals surface area contributed by atoms with Crippen molar-refractivity contribution in [3.05, 3.63) is 251 Å². The van der Waals surface area contributed by atoms with Crippen LogP contribution >= 0.6 is 0 Å². The van der Waals surface area contributed by atoms with Gasteiger partial charge in [0, 0.05) is 98.6 Å². The summed E-state index contributed by atoms with van der Waals surface area (Å²) in [6, 6.07) is 63.6. The molecule has 0 unspecified atom stereocenters. The Labute approximate surface area is 562 Å². The lowest BCUT2D eigenvalue weighted by atomic mass is 9.90. The van der Waals surface area contributed by atoms with Gasteiger partial charge < -0.3 is 44.9 Å². The van der Waals surface area contributed by atoms with Gasteiger partial charge in [-0.1, -0.05) is 170 Å². The highest BCUT2D eigenvalue weighted by Gasteiger charge is 2.35. The molecule has 7 aromatic carbocycles. The summed E-state index contributed by atoms with van der Waals surface area (Å²) in [6.45, 7) is 10.1. The Morgan fingerprint density at radius 2 is 1.00 bits per heavy atom. The Hall–Kier alpha value is -10.7. The third-order valence-electron chi connectivity index (χ3n) is 17.7. The van der Waals surface area contributed by atoms with Gasteiger partial charge in [-0.3, -0.25) is 33.6 Å². The van der Waals surface area contributed by atoms with Gasteiger partial charge >= 0.3 is 0 Å². The van der Waals surface area contributed by atoms with E-state index in [2.05, 4.69) is 89.5 Å². The van der Waals surface area contributed by atoms with Crippen LogP contribution in [0, 0.1) is 0 Å². The summed E-state index contributed by atoms with van der Waals surface area (Å²) in [7, 11) is 0. The van der Waals surface area contributed by atoms with Crippen LogP contribution in [0.4, 0.5) is 5.69 Å². The fourth-order valence-corrected chi connectivity index (χ4v) is 12.5. The molecule has 7 aromatic rings. The van der Waals surface area contributed by atoms with Crippen LogP contribution in [0.3, 0.4) is 0 Å². The summed E-state index contributed by atoms with van der Waals surface area (Å²) in [5.41, 5.74) is 8.28. The van der Waals surface area contributed by atoms with E-state index in [9.17, 15) is 14.4 Å². The standard InChI is InChI=1S/C79H85N9O8/c1-5-83(6-2)62-40-42-66-70(48-62)96-71-49-63(84(7-3)8-4)41-43-67(71)76(66)64-38-24-25-39-65(64)77(93)80-44-26-27-45-85-54-73(90)87(51-60-34-20-12-21-35-60)56-75(92)88(52-61-36-22-13-23-37-61)55-74(91)86(50-59-32-18-11-19-33-59)53-72(89)81-68(46-57-28-14-9-15-29-57)78(94)82-69(79(85)95)47-58-30-16-10-17-31-58/h9-25,28-43,48-49,68-69H,5-8,26-27,44-47,50-56H2,1-4H3,(H2-,80,81,82,89,93,94)/p+1/t68-,69-/m0/s1. The van der Waals surface area contributed by atoms with E-state index in [1.165, 1.54) is 19.6 Å². The molecule has 0 radical (unpaired) electrons. The topological polar surface area (TPSA) is 188 Å². The summed E-state index contributed by atoms with van der Waals surface area (Å²) >= 11 is 0. The minimum atomic E-state index is -1.26. The van der Waals surface area contributed by atoms with E-state index in [1.54, 1.807) is 0 Å². The quantitative estimate of drug-likeness (QED) is 0.0337. The average Bonchev–Trinajstić information content (AvgIpc) is 0.746. The molecule has 1 saturated heterocycles. The highest BCUT2D eigenvalue weighted by Crippen LogP contribution is 2.42. The Bertz CT molecular complexity index is 4160. The van der Waals surface area contributed by atoms with Crippen molar-refractivity contribution < 1.29 is 38.0 Å². The second kappa shape index (κ2) is 33.4. The van der Waals surface area contributed by atoms with Crippen molar-refractivity contribution in [2.45, 2.75) is 85.1 Å². The molecule has 10 rings (SSSR count). The first-order chi connectivity index (χ1) is 46.8. The maximum absolute atomic E-state index is 15.7. The number of unbranched alkanes of at least 4 members (excludes halogenated alkanes) is 1. The minimum Gasteiger partial charge on any atom is -0.456 e. The molecule has 0 spiro atoms. The SMILES string of the molecule is CCN(CC)c1ccc2c(-c3ccccc3C(=O)NCCCCN3CC(=O)N(Cc4ccccc4)CC(=O)N(Cc4ccccc4)CC(=O)N(Cc4ccccc4)CC(=O)N[C@@H](Cc4ccccc4)C(=O)N[C@@H](Cc4ccccc4)C3=O)c3ccc(=[N+](CC)CC)cc-3oc2c1. The Kier molecular flexibility index (Phi) is 23.7. The van der Waals surface area contributed by atoms with E-state index in [-0.39, 0.29) is 51.5 Å². The zero-order valence-corrected chi connectivity index (χ0v) is 55.3. The van der Waals surface area contributed by atoms with Gasteiger partial charge in [0.2, 0.25) is 40.8 Å². The van der Waals surface area contributed by atoms with Gasteiger partial charge in [-0.2, -0.15) is 0 Å². The van der Waals surface area contributed by atoms with E-state index in [1.807, 2.05) is 176 Å². The largest absolute Gasteiger partial charge is 0.456 e. The summed E-state index contributed by atoms with van der Waals surface area (Å²) in [6.07, 6.45) is 0.739. The fourth-order valence-electron chi connectivity index (χ4n) is 12.5. The van der Waals surface area contributed by atoms with Crippen molar-refractivity contribution in [3.63, 3.8) is 0 Å². The van der Waals surface area contributed by atoms with Gasteiger partial charge in [0.15, 0.2) is 0 Å². The molecule has 2 atom stereocenters. The summed E-state index contributed by atoms with van der Waals surface area (Å²) in [5, 5.41) is 11.0. The van der Waals surface area contributed by atoms with Crippen molar-refractivity contribution in [2.75, 3.05) is 70.3 Å². The number of amides is 7. The first kappa shape index (κ1) is 68.2. The van der Waals surface area contributed by atoms with Gasteiger partial charge in [0.05, 0.1) is 19.2 Å². The van der Waals surface area contributed by atoms with Crippen LogP contribution in [0.5, 0.6) is 0 Å². The molecule has 1 aliphatic carbocycles. The molecular weight excluding hydrogens is 1200 g/mol. The number of nitrogens with one attached hydrogen (secondary N) is 3. The molecule has 7 amide bonds. The highest BCUT2D eigenvalue weighted by atomic mass is 16.3.